The second-order valence-corrected chi connectivity index (χ2v) is 9.73. The van der Waals surface area contributed by atoms with Crippen LogP contribution in [0.15, 0.2) is 70.0 Å². The maximum Gasteiger partial charge on any atom is 0.282 e. The average molecular weight is 450 g/mol. The van der Waals surface area contributed by atoms with Gasteiger partial charge in [0.05, 0.1) is 4.90 Å². The van der Waals surface area contributed by atoms with Crippen LogP contribution in [0.4, 0.5) is 5.69 Å². The summed E-state index contributed by atoms with van der Waals surface area (Å²) < 4.78 is 30.6. The fraction of sp³-hybridized carbons (Fsp3) is 0.280. The van der Waals surface area contributed by atoms with Gasteiger partial charge in [0, 0.05) is 33.7 Å². The van der Waals surface area contributed by atoms with Crippen LogP contribution < -0.4 is 10.6 Å². The van der Waals surface area contributed by atoms with Crippen molar-refractivity contribution in [3.05, 3.63) is 71.8 Å². The second kappa shape index (κ2) is 9.22. The molecule has 1 fully saturated rings. The molecule has 1 aliphatic heterocycles. The third-order valence-corrected chi connectivity index (χ3v) is 7.43. The number of rotatable bonds is 5. The summed E-state index contributed by atoms with van der Waals surface area (Å²) in [5, 5.41) is 7.42. The van der Waals surface area contributed by atoms with Crippen LogP contribution in [0.5, 0.6) is 0 Å². The normalized spacial score (nSPS) is 15.6. The molecule has 1 amide bonds. The van der Waals surface area contributed by atoms with Crippen molar-refractivity contribution in [3.63, 3.8) is 0 Å². The number of aryl methyl sites for hydroxylation is 1. The van der Waals surface area contributed by atoms with Crippen LogP contribution >= 0.6 is 0 Å². The number of amides is 1. The zero-order valence-electron chi connectivity index (χ0n) is 18.3. The van der Waals surface area contributed by atoms with Crippen molar-refractivity contribution >= 4 is 38.1 Å². The lowest BCUT2D eigenvalue weighted by atomic mass is 9.94. The van der Waals surface area contributed by atoms with Crippen molar-refractivity contribution in [2.75, 3.05) is 18.4 Å². The Kier molecular flexibility index (Phi) is 6.39. The summed E-state index contributed by atoms with van der Waals surface area (Å²) in [6.07, 6.45) is 1.77. The standard InChI is InChI=1S/C25H27N3O3S/c1-17-7-3-4-8-20(17)25(29)27-23-11-12-24(22-10-6-5-9-21(22)23)32(30,31)28-18(2)19-13-15-26-16-14-19/h3-12,19,26H,13-16H2,1-2H3,(H,27,29). The maximum absolute atomic E-state index is 13.2. The summed E-state index contributed by atoms with van der Waals surface area (Å²) in [4.78, 5) is 13.0. The van der Waals surface area contributed by atoms with E-state index in [0.717, 1.165) is 31.5 Å². The van der Waals surface area contributed by atoms with Gasteiger partial charge in [-0.1, -0.05) is 42.5 Å². The van der Waals surface area contributed by atoms with Crippen molar-refractivity contribution in [2.45, 2.75) is 31.6 Å². The van der Waals surface area contributed by atoms with Crippen LogP contribution in [-0.4, -0.2) is 33.1 Å². The zero-order chi connectivity index (χ0) is 22.7. The van der Waals surface area contributed by atoms with E-state index in [1.165, 1.54) is 6.07 Å². The minimum atomic E-state index is -3.88. The Hall–Kier alpha value is -3.03. The summed E-state index contributed by atoms with van der Waals surface area (Å²) in [5.41, 5.74) is 2.66. The smallest absolute Gasteiger partial charge is 0.282 e. The lowest BCUT2D eigenvalue weighted by Gasteiger charge is -2.22. The van der Waals surface area contributed by atoms with Crippen molar-refractivity contribution in [2.24, 2.45) is 10.3 Å². The molecule has 7 heteroatoms. The van der Waals surface area contributed by atoms with E-state index in [1.54, 1.807) is 31.2 Å². The highest BCUT2D eigenvalue weighted by atomic mass is 32.2. The maximum atomic E-state index is 13.2. The molecular formula is C25H27N3O3S. The van der Waals surface area contributed by atoms with E-state index in [4.69, 9.17) is 0 Å². The Bertz CT molecular complexity index is 1290. The van der Waals surface area contributed by atoms with Gasteiger partial charge >= 0.3 is 0 Å². The van der Waals surface area contributed by atoms with E-state index >= 15 is 0 Å². The number of piperidine rings is 1. The third kappa shape index (κ3) is 4.59. The summed E-state index contributed by atoms with van der Waals surface area (Å²) in [6, 6.07) is 17.7. The predicted octanol–water partition coefficient (Wildman–Crippen LogP) is 4.55. The molecule has 0 spiro atoms. The largest absolute Gasteiger partial charge is 0.321 e. The first-order chi connectivity index (χ1) is 15.4. The van der Waals surface area contributed by atoms with Gasteiger partial charge < -0.3 is 10.6 Å². The van der Waals surface area contributed by atoms with E-state index in [1.807, 2.05) is 37.3 Å². The van der Waals surface area contributed by atoms with Crippen molar-refractivity contribution in [1.82, 2.24) is 5.32 Å². The van der Waals surface area contributed by atoms with Gasteiger partial charge in [-0.2, -0.15) is 12.8 Å². The molecule has 0 unspecified atom stereocenters. The second-order valence-electron chi connectivity index (χ2n) is 8.16. The average Bonchev–Trinajstić information content (AvgIpc) is 2.79. The highest BCUT2D eigenvalue weighted by Gasteiger charge is 2.22. The van der Waals surface area contributed by atoms with Gasteiger partial charge in [-0.25, -0.2) is 0 Å². The number of anilines is 1. The van der Waals surface area contributed by atoms with E-state index in [9.17, 15) is 13.2 Å². The van der Waals surface area contributed by atoms with Crippen LogP contribution in [0.25, 0.3) is 10.8 Å². The predicted molar refractivity (Wildman–Crippen MR) is 129 cm³/mol. The number of carbonyl (C=O) groups is 1. The quantitative estimate of drug-likeness (QED) is 0.560. The summed E-state index contributed by atoms with van der Waals surface area (Å²) in [6.45, 7) is 5.42. The number of fused-ring (bicyclic) bond motifs is 1. The van der Waals surface area contributed by atoms with Crippen LogP contribution in [0, 0.1) is 12.8 Å². The third-order valence-electron chi connectivity index (χ3n) is 5.99. The van der Waals surface area contributed by atoms with Gasteiger partial charge in [0.25, 0.3) is 15.9 Å². The molecule has 2 N–H and O–H groups in total. The molecule has 166 valence electrons. The van der Waals surface area contributed by atoms with E-state index < -0.39 is 10.0 Å². The van der Waals surface area contributed by atoms with Gasteiger partial charge in [-0.05, 0) is 63.5 Å². The number of carbonyl (C=O) groups excluding carboxylic acids is 1. The Morgan fingerprint density at radius 2 is 1.62 bits per heavy atom. The molecular weight excluding hydrogens is 422 g/mol. The zero-order valence-corrected chi connectivity index (χ0v) is 19.1. The highest BCUT2D eigenvalue weighted by molar-refractivity contribution is 7.90. The Morgan fingerprint density at radius 3 is 2.34 bits per heavy atom. The number of hydrogen-bond acceptors (Lipinski definition) is 4. The van der Waals surface area contributed by atoms with Gasteiger partial charge in [-0.15, -0.1) is 0 Å². The molecule has 0 saturated carbocycles. The first kappa shape index (κ1) is 22.2. The van der Waals surface area contributed by atoms with E-state index in [-0.39, 0.29) is 16.7 Å². The lowest BCUT2D eigenvalue weighted by Crippen LogP contribution is -2.31. The molecule has 1 aliphatic rings. The molecule has 0 aromatic heterocycles. The van der Waals surface area contributed by atoms with Gasteiger partial charge in [0.15, 0.2) is 0 Å². The molecule has 1 saturated heterocycles. The number of nitrogens with one attached hydrogen (secondary N) is 2. The number of hydrogen-bond donors (Lipinski definition) is 2. The summed E-state index contributed by atoms with van der Waals surface area (Å²) in [5.74, 6) is -0.0615. The molecule has 32 heavy (non-hydrogen) atoms. The first-order valence-corrected chi connectivity index (χ1v) is 12.2. The van der Waals surface area contributed by atoms with Crippen molar-refractivity contribution in [3.8, 4) is 0 Å². The minimum absolute atomic E-state index is 0.148. The molecule has 4 rings (SSSR count). The number of benzene rings is 3. The topological polar surface area (TPSA) is 87.6 Å². The van der Waals surface area contributed by atoms with Crippen LogP contribution in [0.3, 0.4) is 0 Å². The molecule has 1 heterocycles. The van der Waals surface area contributed by atoms with Crippen molar-refractivity contribution in [1.29, 1.82) is 0 Å². The molecule has 0 radical (unpaired) electrons. The number of nitrogens with zero attached hydrogens (tertiary/aromatic N) is 1. The Morgan fingerprint density at radius 1 is 0.969 bits per heavy atom. The summed E-state index contributed by atoms with van der Waals surface area (Å²) >= 11 is 0. The molecule has 0 bridgehead atoms. The Balaban J connectivity index is 1.70. The van der Waals surface area contributed by atoms with Crippen LogP contribution in [0.1, 0.15) is 35.7 Å². The van der Waals surface area contributed by atoms with Crippen LogP contribution in [0.2, 0.25) is 0 Å². The van der Waals surface area contributed by atoms with Gasteiger partial charge in [-0.3, -0.25) is 4.79 Å². The van der Waals surface area contributed by atoms with E-state index in [0.29, 0.717) is 27.7 Å². The molecule has 0 atom stereocenters. The fourth-order valence-corrected chi connectivity index (χ4v) is 5.50. The minimum Gasteiger partial charge on any atom is -0.321 e. The Labute approximate surface area is 188 Å². The molecule has 6 nitrogen and oxygen atoms in total. The summed E-state index contributed by atoms with van der Waals surface area (Å²) in [7, 11) is -3.88. The SMILES string of the molecule is CC(=NS(=O)(=O)c1ccc(NC(=O)c2ccccc2C)c2ccccc12)C1CCNCC1. The lowest BCUT2D eigenvalue weighted by molar-refractivity contribution is 0.102. The highest BCUT2D eigenvalue weighted by Crippen LogP contribution is 2.31. The molecule has 0 aliphatic carbocycles. The molecule has 3 aromatic carbocycles. The number of sulfonamides is 1. The first-order valence-electron chi connectivity index (χ1n) is 10.8. The van der Waals surface area contributed by atoms with Crippen LogP contribution in [-0.2, 0) is 10.0 Å². The van der Waals surface area contributed by atoms with Gasteiger partial charge in [0.1, 0.15) is 0 Å². The van der Waals surface area contributed by atoms with Gasteiger partial charge in [0.2, 0.25) is 0 Å². The van der Waals surface area contributed by atoms with E-state index in [2.05, 4.69) is 15.0 Å². The molecule has 3 aromatic rings. The monoisotopic (exact) mass is 449 g/mol. The fourth-order valence-electron chi connectivity index (χ4n) is 4.18. The van der Waals surface area contributed by atoms with Crippen molar-refractivity contribution < 1.29 is 13.2 Å².